The minimum Gasteiger partial charge on any atom is -0.497 e. The first kappa shape index (κ1) is 18.3. The molecule has 1 fully saturated rings. The third-order valence-corrected chi connectivity index (χ3v) is 5.58. The summed E-state index contributed by atoms with van der Waals surface area (Å²) in [5.74, 6) is 0.794. The number of hydrogen-bond donors (Lipinski definition) is 0. The Morgan fingerprint density at radius 3 is 2.90 bits per heavy atom. The predicted molar refractivity (Wildman–Crippen MR) is 112 cm³/mol. The highest BCUT2D eigenvalue weighted by Crippen LogP contribution is 2.34. The van der Waals surface area contributed by atoms with Crippen molar-refractivity contribution < 1.29 is 9.53 Å². The van der Waals surface area contributed by atoms with Crippen molar-refractivity contribution in [1.29, 1.82) is 0 Å². The predicted octanol–water partition coefficient (Wildman–Crippen LogP) is 3.78. The first-order valence-electron chi connectivity index (χ1n) is 9.95. The van der Waals surface area contributed by atoms with Crippen LogP contribution in [0.4, 0.5) is 0 Å². The molecule has 7 nitrogen and oxygen atoms in total. The van der Waals surface area contributed by atoms with Crippen molar-refractivity contribution in [3.05, 3.63) is 78.4 Å². The monoisotopic (exact) mass is 399 g/mol. The number of fused-ring (bicyclic) bond motifs is 1. The van der Waals surface area contributed by atoms with Crippen molar-refractivity contribution in [2.45, 2.75) is 18.9 Å². The highest BCUT2D eigenvalue weighted by molar-refractivity contribution is 5.94. The van der Waals surface area contributed by atoms with Crippen LogP contribution >= 0.6 is 0 Å². The third-order valence-electron chi connectivity index (χ3n) is 5.58. The molecule has 0 bridgehead atoms. The van der Waals surface area contributed by atoms with Gasteiger partial charge in [0, 0.05) is 30.7 Å². The zero-order valence-electron chi connectivity index (χ0n) is 16.6. The number of hydrogen-bond acceptors (Lipinski definition) is 5. The molecule has 7 heteroatoms. The molecule has 1 aromatic carbocycles. The first-order chi connectivity index (χ1) is 14.7. The van der Waals surface area contributed by atoms with E-state index in [0.717, 1.165) is 40.9 Å². The molecule has 1 saturated heterocycles. The van der Waals surface area contributed by atoms with E-state index in [4.69, 9.17) is 4.74 Å². The Bertz CT molecular complexity index is 1200. The van der Waals surface area contributed by atoms with Crippen molar-refractivity contribution in [2.75, 3.05) is 13.7 Å². The van der Waals surface area contributed by atoms with Crippen molar-refractivity contribution in [2.24, 2.45) is 0 Å². The summed E-state index contributed by atoms with van der Waals surface area (Å²) in [5.41, 5.74) is 4.41. The lowest BCUT2D eigenvalue weighted by atomic mass is 10.1. The maximum absolute atomic E-state index is 13.0. The molecule has 4 heterocycles. The number of likely N-dealkylation sites (tertiary alicyclic amines) is 1. The van der Waals surface area contributed by atoms with Crippen LogP contribution in [0, 0.1) is 0 Å². The van der Waals surface area contributed by atoms with Crippen molar-refractivity contribution in [3.8, 4) is 16.9 Å². The lowest BCUT2D eigenvalue weighted by molar-refractivity contribution is 0.0733. The molecule has 0 radical (unpaired) electrons. The van der Waals surface area contributed by atoms with E-state index >= 15 is 0 Å². The summed E-state index contributed by atoms with van der Waals surface area (Å²) in [4.78, 5) is 19.0. The molecule has 1 aliphatic heterocycles. The maximum Gasteiger partial charge on any atom is 0.255 e. The van der Waals surface area contributed by atoms with E-state index in [1.54, 1.807) is 36.2 Å². The average Bonchev–Trinajstić information content (AvgIpc) is 3.45. The molecular formula is C23H21N5O2. The van der Waals surface area contributed by atoms with Gasteiger partial charge in [0.25, 0.3) is 5.91 Å². The second kappa shape index (κ2) is 7.59. The van der Waals surface area contributed by atoms with E-state index in [1.807, 2.05) is 41.4 Å². The molecule has 5 rings (SSSR count). The van der Waals surface area contributed by atoms with Crippen LogP contribution in [0.2, 0.25) is 0 Å². The van der Waals surface area contributed by atoms with Crippen LogP contribution in [-0.2, 0) is 0 Å². The summed E-state index contributed by atoms with van der Waals surface area (Å²) in [6.45, 7) is 0.708. The molecule has 1 amide bonds. The number of benzene rings is 1. The molecule has 4 aromatic rings. The SMILES string of the molecule is COc1cccc(-c2ccc3c(C4CCCN4C(=O)c4cccnc4)nnn3c2)c1. The van der Waals surface area contributed by atoms with Gasteiger partial charge in [-0.3, -0.25) is 9.78 Å². The van der Waals surface area contributed by atoms with Gasteiger partial charge in [0.1, 0.15) is 11.4 Å². The third kappa shape index (κ3) is 3.18. The van der Waals surface area contributed by atoms with Crippen LogP contribution in [0.1, 0.15) is 34.9 Å². The molecule has 3 aromatic heterocycles. The Balaban J connectivity index is 1.48. The number of nitrogens with zero attached hydrogens (tertiary/aromatic N) is 5. The normalized spacial score (nSPS) is 16.2. The van der Waals surface area contributed by atoms with Crippen LogP contribution in [0.5, 0.6) is 5.75 Å². The van der Waals surface area contributed by atoms with E-state index in [-0.39, 0.29) is 11.9 Å². The smallest absolute Gasteiger partial charge is 0.255 e. The lowest BCUT2D eigenvalue weighted by Gasteiger charge is -2.23. The highest BCUT2D eigenvalue weighted by Gasteiger charge is 2.33. The van der Waals surface area contributed by atoms with E-state index in [2.05, 4.69) is 21.4 Å². The van der Waals surface area contributed by atoms with Crippen LogP contribution in [-0.4, -0.2) is 44.3 Å². The number of aromatic nitrogens is 4. The molecule has 1 aliphatic rings. The Labute approximate surface area is 173 Å². The van der Waals surface area contributed by atoms with Gasteiger partial charge < -0.3 is 9.64 Å². The van der Waals surface area contributed by atoms with Gasteiger partial charge in [-0.1, -0.05) is 23.4 Å². The number of carbonyl (C=O) groups excluding carboxylic acids is 1. The van der Waals surface area contributed by atoms with Crippen LogP contribution in [0.3, 0.4) is 0 Å². The Morgan fingerprint density at radius 1 is 1.13 bits per heavy atom. The number of amides is 1. The zero-order chi connectivity index (χ0) is 20.5. The zero-order valence-corrected chi connectivity index (χ0v) is 16.6. The fourth-order valence-electron chi connectivity index (χ4n) is 4.07. The second-order valence-corrected chi connectivity index (χ2v) is 7.35. The van der Waals surface area contributed by atoms with Gasteiger partial charge >= 0.3 is 0 Å². The molecule has 0 saturated carbocycles. The van der Waals surface area contributed by atoms with Crippen LogP contribution in [0.25, 0.3) is 16.6 Å². The van der Waals surface area contributed by atoms with Crippen molar-refractivity contribution in [3.63, 3.8) is 0 Å². The lowest BCUT2D eigenvalue weighted by Crippen LogP contribution is -2.30. The Kier molecular flexibility index (Phi) is 4.63. The van der Waals surface area contributed by atoms with Crippen LogP contribution in [0.15, 0.2) is 67.1 Å². The maximum atomic E-state index is 13.0. The Morgan fingerprint density at radius 2 is 2.07 bits per heavy atom. The molecule has 0 N–H and O–H groups in total. The largest absolute Gasteiger partial charge is 0.497 e. The molecule has 0 aliphatic carbocycles. The number of ether oxygens (including phenoxy) is 1. The molecule has 1 unspecified atom stereocenters. The molecular weight excluding hydrogens is 378 g/mol. The van der Waals surface area contributed by atoms with E-state index in [9.17, 15) is 4.79 Å². The quantitative estimate of drug-likeness (QED) is 0.522. The van der Waals surface area contributed by atoms with Gasteiger partial charge in [-0.2, -0.15) is 0 Å². The van der Waals surface area contributed by atoms with Gasteiger partial charge in [-0.05, 0) is 48.7 Å². The summed E-state index contributed by atoms with van der Waals surface area (Å²) in [6, 6.07) is 15.5. The first-order valence-corrected chi connectivity index (χ1v) is 9.95. The molecule has 150 valence electrons. The van der Waals surface area contributed by atoms with Gasteiger partial charge in [-0.25, -0.2) is 4.52 Å². The fourth-order valence-corrected chi connectivity index (χ4v) is 4.07. The van der Waals surface area contributed by atoms with Gasteiger partial charge in [0.2, 0.25) is 0 Å². The fraction of sp³-hybridized carbons (Fsp3) is 0.217. The average molecular weight is 399 g/mol. The molecule has 1 atom stereocenters. The van der Waals surface area contributed by atoms with Crippen molar-refractivity contribution in [1.82, 2.24) is 24.7 Å². The van der Waals surface area contributed by atoms with E-state index in [0.29, 0.717) is 12.1 Å². The second-order valence-electron chi connectivity index (χ2n) is 7.35. The molecule has 30 heavy (non-hydrogen) atoms. The number of pyridine rings is 2. The Hall–Kier alpha value is -3.74. The molecule has 0 spiro atoms. The minimum atomic E-state index is -0.0853. The highest BCUT2D eigenvalue weighted by atomic mass is 16.5. The number of methoxy groups -OCH3 is 1. The summed E-state index contributed by atoms with van der Waals surface area (Å²) >= 11 is 0. The topological polar surface area (TPSA) is 72.6 Å². The summed E-state index contributed by atoms with van der Waals surface area (Å²) in [7, 11) is 1.66. The van der Waals surface area contributed by atoms with Gasteiger partial charge in [0.15, 0.2) is 0 Å². The van der Waals surface area contributed by atoms with Crippen LogP contribution < -0.4 is 4.74 Å². The van der Waals surface area contributed by atoms with Crippen molar-refractivity contribution >= 4 is 11.4 Å². The summed E-state index contributed by atoms with van der Waals surface area (Å²) in [5, 5.41) is 8.79. The standard InChI is InChI=1S/C23H21N5O2/c1-30-19-7-2-5-16(13-19)18-9-10-21-22(25-26-28(21)15-18)20-8-4-12-27(20)23(29)17-6-3-11-24-14-17/h2-3,5-7,9-11,13-15,20H,4,8,12H2,1H3. The van der Waals surface area contributed by atoms with E-state index in [1.165, 1.54) is 0 Å². The summed E-state index contributed by atoms with van der Waals surface area (Å²) in [6.07, 6.45) is 7.06. The van der Waals surface area contributed by atoms with Gasteiger partial charge in [0.05, 0.1) is 24.2 Å². The number of carbonyl (C=O) groups is 1. The summed E-state index contributed by atoms with van der Waals surface area (Å²) < 4.78 is 7.12. The minimum absolute atomic E-state index is 0.0141. The van der Waals surface area contributed by atoms with Gasteiger partial charge in [-0.15, -0.1) is 5.10 Å². The number of rotatable bonds is 4. The van der Waals surface area contributed by atoms with E-state index < -0.39 is 0 Å².